The van der Waals surface area contributed by atoms with Gasteiger partial charge in [-0.3, -0.25) is 4.79 Å². The predicted octanol–water partition coefficient (Wildman–Crippen LogP) is 2.89. The first-order valence-corrected chi connectivity index (χ1v) is 6.31. The number of allylic oxidation sites excluding steroid dienone is 2. The molecule has 0 unspecified atom stereocenters. The molecule has 1 saturated carbocycles. The van der Waals surface area contributed by atoms with Gasteiger partial charge in [-0.15, -0.1) is 0 Å². The van der Waals surface area contributed by atoms with Crippen molar-refractivity contribution < 1.29 is 4.79 Å². The van der Waals surface area contributed by atoms with Crippen LogP contribution in [0.2, 0.25) is 0 Å². The number of carbonyl (C=O) groups is 1. The molecule has 2 heteroatoms. The van der Waals surface area contributed by atoms with Gasteiger partial charge in [-0.05, 0) is 26.2 Å². The smallest absolute Gasteiger partial charge is 0.157 e. The van der Waals surface area contributed by atoms with Crippen molar-refractivity contribution in [1.29, 1.82) is 0 Å². The van der Waals surface area contributed by atoms with E-state index >= 15 is 0 Å². The van der Waals surface area contributed by atoms with Crippen molar-refractivity contribution >= 4 is 5.78 Å². The fourth-order valence-electron chi connectivity index (χ4n) is 2.90. The summed E-state index contributed by atoms with van der Waals surface area (Å²) in [5.74, 6) is 0.319. The first-order valence-electron chi connectivity index (χ1n) is 6.31. The molecule has 84 valence electrons. The molecule has 0 atom stereocenters. The topological polar surface area (TPSA) is 20.3 Å². The van der Waals surface area contributed by atoms with E-state index in [2.05, 4.69) is 11.8 Å². The lowest BCUT2D eigenvalue weighted by atomic mass is 9.93. The summed E-state index contributed by atoms with van der Waals surface area (Å²) in [7, 11) is 0. The van der Waals surface area contributed by atoms with Crippen LogP contribution in [0.5, 0.6) is 0 Å². The average Bonchev–Trinajstić information content (AvgIpc) is 2.68. The van der Waals surface area contributed by atoms with Crippen molar-refractivity contribution in [3.05, 3.63) is 11.8 Å². The Bertz CT molecular complexity index is 264. The number of hydrogen-bond acceptors (Lipinski definition) is 2. The Morgan fingerprint density at radius 3 is 2.53 bits per heavy atom. The van der Waals surface area contributed by atoms with E-state index in [9.17, 15) is 4.79 Å². The molecular weight excluding hydrogens is 186 g/mol. The highest BCUT2D eigenvalue weighted by Gasteiger charge is 2.24. The van der Waals surface area contributed by atoms with Gasteiger partial charge in [0.15, 0.2) is 5.78 Å². The number of ketones is 1. The Kier molecular flexibility index (Phi) is 3.45. The monoisotopic (exact) mass is 207 g/mol. The predicted molar refractivity (Wildman–Crippen MR) is 61.6 cm³/mol. The van der Waals surface area contributed by atoms with Crippen molar-refractivity contribution in [1.82, 2.24) is 4.90 Å². The van der Waals surface area contributed by atoms with Gasteiger partial charge in [0.05, 0.1) is 0 Å². The van der Waals surface area contributed by atoms with E-state index in [1.165, 1.54) is 37.8 Å². The molecule has 2 nitrogen and oxygen atoms in total. The zero-order valence-electron chi connectivity index (χ0n) is 9.67. The molecule has 1 fully saturated rings. The number of carbonyl (C=O) groups excluding carboxylic acids is 1. The average molecular weight is 207 g/mol. The standard InChI is InChI=1S/C13H21NO/c1-2-14(11-6-4-3-5-7-11)12-8-9-13(15)10-12/h10-11H,2-9H2,1H3. The van der Waals surface area contributed by atoms with Crippen LogP contribution in [-0.2, 0) is 4.79 Å². The van der Waals surface area contributed by atoms with Gasteiger partial charge < -0.3 is 4.90 Å². The molecule has 0 aromatic heterocycles. The third-order valence-electron chi connectivity index (χ3n) is 3.68. The molecule has 0 aliphatic heterocycles. The molecule has 0 amide bonds. The van der Waals surface area contributed by atoms with Gasteiger partial charge >= 0.3 is 0 Å². The van der Waals surface area contributed by atoms with E-state index in [1.54, 1.807) is 0 Å². The van der Waals surface area contributed by atoms with Crippen molar-refractivity contribution in [2.24, 2.45) is 0 Å². The molecular formula is C13H21NO. The van der Waals surface area contributed by atoms with Crippen LogP contribution >= 0.6 is 0 Å². The maximum Gasteiger partial charge on any atom is 0.157 e. The second-order valence-electron chi connectivity index (χ2n) is 4.68. The largest absolute Gasteiger partial charge is 0.372 e. The maximum absolute atomic E-state index is 11.3. The van der Waals surface area contributed by atoms with Crippen LogP contribution in [0.25, 0.3) is 0 Å². The second-order valence-corrected chi connectivity index (χ2v) is 4.68. The molecule has 2 aliphatic rings. The molecule has 2 aliphatic carbocycles. The molecule has 0 heterocycles. The van der Waals surface area contributed by atoms with E-state index in [1.807, 2.05) is 6.08 Å². The summed E-state index contributed by atoms with van der Waals surface area (Å²) in [6.45, 7) is 3.27. The lowest BCUT2D eigenvalue weighted by molar-refractivity contribution is -0.114. The van der Waals surface area contributed by atoms with Crippen molar-refractivity contribution in [3.63, 3.8) is 0 Å². The summed E-state index contributed by atoms with van der Waals surface area (Å²) in [5, 5.41) is 0. The van der Waals surface area contributed by atoms with Crippen molar-refractivity contribution in [2.45, 2.75) is 57.9 Å². The van der Waals surface area contributed by atoms with Crippen LogP contribution in [0.4, 0.5) is 0 Å². The second kappa shape index (κ2) is 4.82. The summed E-state index contributed by atoms with van der Waals surface area (Å²) in [6.07, 6.45) is 10.3. The van der Waals surface area contributed by atoms with Gasteiger partial charge in [-0.2, -0.15) is 0 Å². The molecule has 0 saturated heterocycles. The summed E-state index contributed by atoms with van der Waals surface area (Å²) in [4.78, 5) is 13.7. The first-order chi connectivity index (χ1) is 7.31. The van der Waals surface area contributed by atoms with Crippen LogP contribution in [0.15, 0.2) is 11.8 Å². The lowest BCUT2D eigenvalue weighted by Gasteiger charge is -2.36. The molecule has 0 aromatic carbocycles. The summed E-state index contributed by atoms with van der Waals surface area (Å²) in [5.41, 5.74) is 1.30. The van der Waals surface area contributed by atoms with Crippen molar-refractivity contribution in [3.8, 4) is 0 Å². The number of rotatable bonds is 3. The Morgan fingerprint density at radius 2 is 2.00 bits per heavy atom. The van der Waals surface area contributed by atoms with Gasteiger partial charge in [0.25, 0.3) is 0 Å². The highest BCUT2D eigenvalue weighted by molar-refractivity contribution is 5.92. The fourth-order valence-corrected chi connectivity index (χ4v) is 2.90. The molecule has 0 aromatic rings. The molecule has 0 N–H and O–H groups in total. The summed E-state index contributed by atoms with van der Waals surface area (Å²) in [6, 6.07) is 0.709. The highest BCUT2D eigenvalue weighted by atomic mass is 16.1. The first kappa shape index (κ1) is 10.7. The van der Waals surface area contributed by atoms with Gasteiger partial charge in [0.1, 0.15) is 0 Å². The van der Waals surface area contributed by atoms with Crippen LogP contribution in [-0.4, -0.2) is 23.3 Å². The molecule has 0 radical (unpaired) electrons. The Labute approximate surface area is 92.3 Å². The summed E-state index contributed by atoms with van der Waals surface area (Å²) >= 11 is 0. The fraction of sp³-hybridized carbons (Fsp3) is 0.769. The van der Waals surface area contributed by atoms with Crippen LogP contribution < -0.4 is 0 Å². The van der Waals surface area contributed by atoms with E-state index in [-0.39, 0.29) is 0 Å². The summed E-state index contributed by atoms with van der Waals surface area (Å²) < 4.78 is 0. The van der Waals surface area contributed by atoms with Gasteiger partial charge in [-0.25, -0.2) is 0 Å². The van der Waals surface area contributed by atoms with Crippen LogP contribution in [0, 0.1) is 0 Å². The lowest BCUT2D eigenvalue weighted by Crippen LogP contribution is -2.35. The highest BCUT2D eigenvalue weighted by Crippen LogP contribution is 2.28. The zero-order chi connectivity index (χ0) is 10.7. The quantitative estimate of drug-likeness (QED) is 0.709. The Morgan fingerprint density at radius 1 is 1.27 bits per heavy atom. The zero-order valence-corrected chi connectivity index (χ0v) is 9.67. The third-order valence-corrected chi connectivity index (χ3v) is 3.68. The van der Waals surface area contributed by atoms with Gasteiger partial charge in [0.2, 0.25) is 0 Å². The van der Waals surface area contributed by atoms with E-state index in [0.717, 1.165) is 19.4 Å². The molecule has 2 rings (SSSR count). The van der Waals surface area contributed by atoms with E-state index in [0.29, 0.717) is 11.8 Å². The van der Waals surface area contributed by atoms with Crippen LogP contribution in [0.3, 0.4) is 0 Å². The van der Waals surface area contributed by atoms with Gasteiger partial charge in [-0.1, -0.05) is 19.3 Å². The Hall–Kier alpha value is -0.790. The van der Waals surface area contributed by atoms with Crippen LogP contribution in [0.1, 0.15) is 51.9 Å². The minimum Gasteiger partial charge on any atom is -0.372 e. The maximum atomic E-state index is 11.3. The third kappa shape index (κ3) is 2.42. The van der Waals surface area contributed by atoms with E-state index < -0.39 is 0 Å². The normalized spacial score (nSPS) is 23.0. The molecule has 0 spiro atoms. The minimum absolute atomic E-state index is 0.319. The molecule has 0 bridgehead atoms. The SMILES string of the molecule is CCN(C1=CC(=O)CC1)C1CCCCC1. The number of hydrogen-bond donors (Lipinski definition) is 0. The van der Waals surface area contributed by atoms with E-state index in [4.69, 9.17) is 0 Å². The minimum atomic E-state index is 0.319. The molecule has 15 heavy (non-hydrogen) atoms. The Balaban J connectivity index is 2.02. The number of nitrogens with zero attached hydrogens (tertiary/aromatic N) is 1. The van der Waals surface area contributed by atoms with Gasteiger partial charge in [0, 0.05) is 30.8 Å². The van der Waals surface area contributed by atoms with Crippen molar-refractivity contribution in [2.75, 3.05) is 6.54 Å².